The van der Waals surface area contributed by atoms with Crippen molar-refractivity contribution in [3.63, 3.8) is 0 Å². The Morgan fingerprint density at radius 2 is 1.90 bits per heavy atom. The van der Waals surface area contributed by atoms with Crippen LogP contribution in [0.25, 0.3) is 0 Å². The summed E-state index contributed by atoms with van der Waals surface area (Å²) in [5.74, 6) is -1.64. The molecule has 2 aliphatic heterocycles. The second-order valence-electron chi connectivity index (χ2n) is 7.48. The molecule has 10 heteroatoms. The summed E-state index contributed by atoms with van der Waals surface area (Å²) < 4.78 is 41.1. The van der Waals surface area contributed by atoms with Gasteiger partial charge in [-0.25, -0.2) is 0 Å². The molecule has 31 heavy (non-hydrogen) atoms. The Labute approximate surface area is 175 Å². The number of rotatable bonds is 4. The van der Waals surface area contributed by atoms with Crippen molar-refractivity contribution in [2.75, 3.05) is 16.8 Å². The first-order valence-corrected chi connectivity index (χ1v) is 9.48. The fourth-order valence-electron chi connectivity index (χ4n) is 4.06. The van der Waals surface area contributed by atoms with Crippen molar-refractivity contribution < 1.29 is 32.3 Å². The van der Waals surface area contributed by atoms with Crippen molar-refractivity contribution in [1.82, 2.24) is 4.90 Å². The maximum Gasteiger partial charge on any atom is 0.573 e. The van der Waals surface area contributed by atoms with Crippen molar-refractivity contribution >= 4 is 29.1 Å². The molecule has 0 aliphatic carbocycles. The Morgan fingerprint density at radius 1 is 1.16 bits per heavy atom. The minimum Gasteiger partial charge on any atom is -0.406 e. The average molecular weight is 433 g/mol. The molecule has 1 saturated heterocycles. The quantitative estimate of drug-likeness (QED) is 0.800. The van der Waals surface area contributed by atoms with E-state index >= 15 is 0 Å². The molecule has 0 spiro atoms. The molecule has 4 rings (SSSR count). The van der Waals surface area contributed by atoms with Crippen molar-refractivity contribution in [2.45, 2.75) is 31.8 Å². The molecular formula is C21H18F3N3O4. The number of ether oxygens (including phenoxy) is 1. The Bertz CT molecular complexity index is 1070. The number of para-hydroxylation sites is 1. The van der Waals surface area contributed by atoms with Crippen LogP contribution >= 0.6 is 0 Å². The second kappa shape index (κ2) is 7.29. The first kappa shape index (κ1) is 20.7. The lowest BCUT2D eigenvalue weighted by Crippen LogP contribution is -2.63. The molecule has 2 heterocycles. The number of alkyl halides is 3. The van der Waals surface area contributed by atoms with Crippen LogP contribution in [-0.4, -0.2) is 41.2 Å². The summed E-state index contributed by atoms with van der Waals surface area (Å²) in [4.78, 5) is 41.2. The standard InChI is InChI=1S/C21H18F3N3O4/c1-20-10-9-18(29)27(20)16-8-3-2-7-15(16)19(30)26(20)12-17(28)25-13-5-4-6-14(11-13)31-21(22,23)24/h2-8,11H,9-10,12H2,1H3,(H,25,28). The zero-order valence-corrected chi connectivity index (χ0v) is 16.4. The van der Waals surface area contributed by atoms with E-state index in [4.69, 9.17) is 0 Å². The topological polar surface area (TPSA) is 79.0 Å². The molecule has 1 N–H and O–H groups in total. The van der Waals surface area contributed by atoms with E-state index in [1.165, 1.54) is 21.9 Å². The van der Waals surface area contributed by atoms with Gasteiger partial charge < -0.3 is 15.0 Å². The fraction of sp³-hybridized carbons (Fsp3) is 0.286. The summed E-state index contributed by atoms with van der Waals surface area (Å²) in [7, 11) is 0. The van der Waals surface area contributed by atoms with E-state index in [0.29, 0.717) is 17.7 Å². The van der Waals surface area contributed by atoms with E-state index in [9.17, 15) is 27.6 Å². The molecule has 2 aromatic rings. The van der Waals surface area contributed by atoms with E-state index in [0.717, 1.165) is 12.1 Å². The minimum atomic E-state index is -4.86. The zero-order valence-electron chi connectivity index (χ0n) is 16.4. The van der Waals surface area contributed by atoms with Gasteiger partial charge in [0, 0.05) is 18.2 Å². The van der Waals surface area contributed by atoms with Crippen LogP contribution in [0.5, 0.6) is 5.75 Å². The van der Waals surface area contributed by atoms with E-state index in [1.807, 2.05) is 0 Å². The van der Waals surface area contributed by atoms with Crippen molar-refractivity contribution in [3.8, 4) is 5.75 Å². The van der Waals surface area contributed by atoms with Crippen LogP contribution in [-0.2, 0) is 9.59 Å². The van der Waals surface area contributed by atoms with Gasteiger partial charge in [0.1, 0.15) is 18.0 Å². The first-order chi connectivity index (χ1) is 14.6. The first-order valence-electron chi connectivity index (χ1n) is 9.48. The van der Waals surface area contributed by atoms with Gasteiger partial charge in [-0.1, -0.05) is 18.2 Å². The van der Waals surface area contributed by atoms with Crippen molar-refractivity contribution in [3.05, 3.63) is 54.1 Å². The fourth-order valence-corrected chi connectivity index (χ4v) is 4.06. The Morgan fingerprint density at radius 3 is 2.65 bits per heavy atom. The number of hydrogen-bond donors (Lipinski definition) is 1. The van der Waals surface area contributed by atoms with Crippen molar-refractivity contribution in [2.24, 2.45) is 0 Å². The lowest BCUT2D eigenvalue weighted by molar-refractivity contribution is -0.274. The van der Waals surface area contributed by atoms with Gasteiger partial charge in [-0.05, 0) is 37.6 Å². The average Bonchev–Trinajstić information content (AvgIpc) is 3.00. The lowest BCUT2D eigenvalue weighted by atomic mass is 9.98. The Kier molecular flexibility index (Phi) is 4.87. The number of carbonyl (C=O) groups is 3. The number of carbonyl (C=O) groups excluding carboxylic acids is 3. The summed E-state index contributed by atoms with van der Waals surface area (Å²) in [5, 5.41) is 2.48. The number of halogens is 3. The SMILES string of the molecule is CC12CCC(=O)N1c1ccccc1C(=O)N2CC(=O)Nc1cccc(OC(F)(F)F)c1. The zero-order chi connectivity index (χ0) is 22.4. The predicted octanol–water partition coefficient (Wildman–Crippen LogP) is 3.52. The Hall–Kier alpha value is -3.56. The minimum absolute atomic E-state index is 0.0844. The van der Waals surface area contributed by atoms with Crippen molar-refractivity contribution in [1.29, 1.82) is 0 Å². The van der Waals surface area contributed by atoms with Gasteiger partial charge >= 0.3 is 6.36 Å². The molecule has 0 aromatic heterocycles. The molecule has 1 atom stereocenters. The van der Waals surface area contributed by atoms with Gasteiger partial charge in [-0.15, -0.1) is 13.2 Å². The molecule has 2 aliphatic rings. The molecule has 162 valence electrons. The van der Waals surface area contributed by atoms with E-state index < -0.39 is 29.6 Å². The number of anilines is 2. The molecule has 1 unspecified atom stereocenters. The molecule has 2 aromatic carbocycles. The summed E-state index contributed by atoms with van der Waals surface area (Å²) in [6, 6.07) is 11.5. The number of hydrogen-bond acceptors (Lipinski definition) is 4. The van der Waals surface area contributed by atoms with Gasteiger partial charge in [0.15, 0.2) is 0 Å². The highest BCUT2D eigenvalue weighted by Gasteiger charge is 2.53. The largest absolute Gasteiger partial charge is 0.573 e. The van der Waals surface area contributed by atoms with E-state index in [-0.39, 0.29) is 24.6 Å². The Balaban J connectivity index is 1.57. The highest BCUT2D eigenvalue weighted by molar-refractivity contribution is 6.11. The molecule has 0 bridgehead atoms. The van der Waals surface area contributed by atoms with Gasteiger partial charge in [-0.3, -0.25) is 19.3 Å². The van der Waals surface area contributed by atoms with Gasteiger partial charge in [0.25, 0.3) is 5.91 Å². The lowest BCUT2D eigenvalue weighted by Gasteiger charge is -2.48. The molecule has 0 radical (unpaired) electrons. The summed E-state index contributed by atoms with van der Waals surface area (Å²) in [5.41, 5.74) is -0.114. The smallest absolute Gasteiger partial charge is 0.406 e. The molecule has 3 amide bonds. The third-order valence-electron chi connectivity index (χ3n) is 5.40. The van der Waals surface area contributed by atoms with Crippen LogP contribution in [0, 0.1) is 0 Å². The van der Waals surface area contributed by atoms with Crippen LogP contribution < -0.4 is 15.0 Å². The van der Waals surface area contributed by atoms with Crippen LogP contribution in [0.1, 0.15) is 30.1 Å². The highest BCUT2D eigenvalue weighted by Crippen LogP contribution is 2.43. The monoisotopic (exact) mass is 433 g/mol. The van der Waals surface area contributed by atoms with Crippen LogP contribution in [0.15, 0.2) is 48.5 Å². The normalized spacial score (nSPS) is 20.4. The van der Waals surface area contributed by atoms with Gasteiger partial charge in [0.05, 0.1) is 11.3 Å². The van der Waals surface area contributed by atoms with Crippen LogP contribution in [0.2, 0.25) is 0 Å². The number of amides is 3. The number of nitrogens with one attached hydrogen (secondary N) is 1. The summed E-state index contributed by atoms with van der Waals surface area (Å²) in [6.07, 6.45) is -4.27. The maximum atomic E-state index is 13.1. The second-order valence-corrected chi connectivity index (χ2v) is 7.48. The highest BCUT2D eigenvalue weighted by atomic mass is 19.4. The van der Waals surface area contributed by atoms with Gasteiger partial charge in [0.2, 0.25) is 11.8 Å². The summed E-state index contributed by atoms with van der Waals surface area (Å²) in [6.45, 7) is 1.34. The van der Waals surface area contributed by atoms with Crippen LogP contribution in [0.4, 0.5) is 24.5 Å². The number of fused-ring (bicyclic) bond motifs is 3. The third-order valence-corrected chi connectivity index (χ3v) is 5.40. The number of benzene rings is 2. The molecule has 1 fully saturated rings. The molecule has 0 saturated carbocycles. The van der Waals surface area contributed by atoms with E-state index in [2.05, 4.69) is 10.1 Å². The molecule has 7 nitrogen and oxygen atoms in total. The van der Waals surface area contributed by atoms with Gasteiger partial charge in [-0.2, -0.15) is 0 Å². The van der Waals surface area contributed by atoms with Crippen LogP contribution in [0.3, 0.4) is 0 Å². The third kappa shape index (κ3) is 3.80. The maximum absolute atomic E-state index is 13.1. The van der Waals surface area contributed by atoms with E-state index in [1.54, 1.807) is 31.2 Å². The predicted molar refractivity (Wildman–Crippen MR) is 104 cm³/mol. The number of nitrogens with zero attached hydrogens (tertiary/aromatic N) is 2. The molecular weight excluding hydrogens is 415 g/mol. The summed E-state index contributed by atoms with van der Waals surface area (Å²) >= 11 is 0.